The molecule has 0 saturated carbocycles. The molecule has 2 heterocycles. The van der Waals surface area contributed by atoms with Gasteiger partial charge in [0.25, 0.3) is 0 Å². The number of aromatic nitrogens is 2. The zero-order valence-electron chi connectivity index (χ0n) is 11.0. The van der Waals surface area contributed by atoms with E-state index in [1.807, 2.05) is 24.7 Å². The molecule has 1 fully saturated rings. The summed E-state index contributed by atoms with van der Waals surface area (Å²) in [6.45, 7) is 3.19. The Morgan fingerprint density at radius 3 is 2.84 bits per heavy atom. The van der Waals surface area contributed by atoms with Crippen molar-refractivity contribution in [3.8, 4) is 0 Å². The molecule has 19 heavy (non-hydrogen) atoms. The summed E-state index contributed by atoms with van der Waals surface area (Å²) in [5, 5.41) is 3.49. The van der Waals surface area contributed by atoms with Crippen molar-refractivity contribution in [3.05, 3.63) is 53.9 Å². The van der Waals surface area contributed by atoms with Gasteiger partial charge in [0, 0.05) is 12.2 Å². The van der Waals surface area contributed by atoms with Crippen LogP contribution in [0.4, 0.5) is 4.39 Å². The van der Waals surface area contributed by atoms with E-state index in [2.05, 4.69) is 21.8 Å². The molecule has 0 aliphatic carbocycles. The smallest absolute Gasteiger partial charge is 0.123 e. The van der Waals surface area contributed by atoms with E-state index < -0.39 is 0 Å². The lowest BCUT2D eigenvalue weighted by atomic mass is 10.1. The molecular formula is C15H18FN3. The van der Waals surface area contributed by atoms with Gasteiger partial charge in [-0.05, 0) is 44.0 Å². The number of benzene rings is 1. The molecule has 3 rings (SSSR count). The molecule has 1 saturated heterocycles. The van der Waals surface area contributed by atoms with Crippen LogP contribution in [0.25, 0.3) is 0 Å². The summed E-state index contributed by atoms with van der Waals surface area (Å²) in [5.74, 6) is -0.195. The van der Waals surface area contributed by atoms with Crippen LogP contribution in [0.5, 0.6) is 0 Å². The van der Waals surface area contributed by atoms with Crippen LogP contribution in [0.3, 0.4) is 0 Å². The quantitative estimate of drug-likeness (QED) is 0.918. The van der Waals surface area contributed by atoms with Crippen LogP contribution in [0.1, 0.15) is 43.1 Å². The molecule has 3 nitrogen and oxygen atoms in total. The Morgan fingerprint density at radius 1 is 1.37 bits per heavy atom. The first kappa shape index (κ1) is 12.4. The van der Waals surface area contributed by atoms with Crippen molar-refractivity contribution in [1.29, 1.82) is 0 Å². The zero-order chi connectivity index (χ0) is 13.2. The van der Waals surface area contributed by atoms with Crippen LogP contribution < -0.4 is 5.32 Å². The van der Waals surface area contributed by atoms with Crippen molar-refractivity contribution < 1.29 is 4.39 Å². The predicted octanol–water partition coefficient (Wildman–Crippen LogP) is 3.06. The average molecular weight is 259 g/mol. The molecule has 1 aliphatic rings. The molecule has 2 aromatic rings. The van der Waals surface area contributed by atoms with Gasteiger partial charge < -0.3 is 9.88 Å². The Labute approximate surface area is 112 Å². The largest absolute Gasteiger partial charge is 0.326 e. The second-order valence-corrected chi connectivity index (χ2v) is 5.10. The molecule has 0 radical (unpaired) electrons. The standard InChI is InChI=1S/C15H18FN3/c1-11(12-4-6-13(16)7-5-12)19-10-17-9-15(19)14-3-2-8-18-14/h4-7,9-11,14,18H,2-3,8H2,1H3/t11?,14-/m0/s1. The fraction of sp³-hybridized carbons (Fsp3) is 0.400. The van der Waals surface area contributed by atoms with Crippen LogP contribution >= 0.6 is 0 Å². The summed E-state index contributed by atoms with van der Waals surface area (Å²) < 4.78 is 15.2. The van der Waals surface area contributed by atoms with E-state index in [4.69, 9.17) is 0 Å². The first-order valence-electron chi connectivity index (χ1n) is 6.76. The highest BCUT2D eigenvalue weighted by Gasteiger charge is 2.22. The molecule has 0 amide bonds. The van der Waals surface area contributed by atoms with Gasteiger partial charge in [0.15, 0.2) is 0 Å². The number of halogens is 1. The van der Waals surface area contributed by atoms with E-state index in [9.17, 15) is 4.39 Å². The Morgan fingerprint density at radius 2 is 2.16 bits per heavy atom. The van der Waals surface area contributed by atoms with E-state index in [1.54, 1.807) is 0 Å². The SMILES string of the molecule is CC(c1ccc(F)cc1)n1cncc1[C@@H]1CCCN1. The number of hydrogen-bond acceptors (Lipinski definition) is 2. The molecule has 1 unspecified atom stereocenters. The van der Waals surface area contributed by atoms with Crippen molar-refractivity contribution >= 4 is 0 Å². The predicted molar refractivity (Wildman–Crippen MR) is 72.4 cm³/mol. The lowest BCUT2D eigenvalue weighted by Crippen LogP contribution is -2.18. The van der Waals surface area contributed by atoms with E-state index in [-0.39, 0.29) is 11.9 Å². The normalized spacial score (nSPS) is 20.6. The third-order valence-electron chi connectivity index (χ3n) is 3.88. The Balaban J connectivity index is 1.89. The van der Waals surface area contributed by atoms with Gasteiger partial charge in [0.2, 0.25) is 0 Å². The molecule has 0 bridgehead atoms. The molecule has 4 heteroatoms. The maximum Gasteiger partial charge on any atom is 0.123 e. The maximum absolute atomic E-state index is 13.0. The summed E-state index contributed by atoms with van der Waals surface area (Å²) in [4.78, 5) is 4.28. The third kappa shape index (κ3) is 2.40. The van der Waals surface area contributed by atoms with E-state index in [0.717, 1.165) is 18.5 Å². The number of rotatable bonds is 3. The van der Waals surface area contributed by atoms with Crippen molar-refractivity contribution in [2.45, 2.75) is 31.8 Å². The molecule has 0 spiro atoms. The first-order valence-corrected chi connectivity index (χ1v) is 6.76. The van der Waals surface area contributed by atoms with Gasteiger partial charge in [0.1, 0.15) is 5.82 Å². The van der Waals surface area contributed by atoms with Crippen molar-refractivity contribution in [2.24, 2.45) is 0 Å². The fourth-order valence-electron chi connectivity index (χ4n) is 2.75. The van der Waals surface area contributed by atoms with Gasteiger partial charge in [0.05, 0.1) is 18.1 Å². The molecule has 1 aromatic carbocycles. The van der Waals surface area contributed by atoms with Gasteiger partial charge in [-0.2, -0.15) is 0 Å². The van der Waals surface area contributed by atoms with Crippen LogP contribution in [0, 0.1) is 5.82 Å². The Bertz CT molecular complexity index is 541. The first-order chi connectivity index (χ1) is 9.25. The molecule has 1 N–H and O–H groups in total. The zero-order valence-corrected chi connectivity index (χ0v) is 11.0. The number of nitrogens with one attached hydrogen (secondary N) is 1. The number of hydrogen-bond donors (Lipinski definition) is 1. The summed E-state index contributed by atoms with van der Waals surface area (Å²) in [5.41, 5.74) is 2.31. The second kappa shape index (κ2) is 5.13. The van der Waals surface area contributed by atoms with Gasteiger partial charge >= 0.3 is 0 Å². The summed E-state index contributed by atoms with van der Waals surface area (Å²) in [6, 6.07) is 7.26. The van der Waals surface area contributed by atoms with Crippen LogP contribution in [0.15, 0.2) is 36.8 Å². The molecule has 2 atom stereocenters. The van der Waals surface area contributed by atoms with Crippen molar-refractivity contribution in [1.82, 2.24) is 14.9 Å². The van der Waals surface area contributed by atoms with Crippen molar-refractivity contribution in [2.75, 3.05) is 6.54 Å². The van der Waals surface area contributed by atoms with Crippen LogP contribution in [0.2, 0.25) is 0 Å². The lowest BCUT2D eigenvalue weighted by molar-refractivity contribution is 0.537. The topological polar surface area (TPSA) is 29.9 Å². The van der Waals surface area contributed by atoms with Gasteiger partial charge in [-0.25, -0.2) is 9.37 Å². The average Bonchev–Trinajstić information content (AvgIpc) is 3.09. The fourth-order valence-corrected chi connectivity index (χ4v) is 2.75. The van der Waals surface area contributed by atoms with Gasteiger partial charge in [-0.15, -0.1) is 0 Å². The monoisotopic (exact) mass is 259 g/mol. The highest BCUT2D eigenvalue weighted by Crippen LogP contribution is 2.27. The third-order valence-corrected chi connectivity index (χ3v) is 3.88. The highest BCUT2D eigenvalue weighted by molar-refractivity contribution is 5.22. The van der Waals surface area contributed by atoms with E-state index >= 15 is 0 Å². The molecule has 100 valence electrons. The van der Waals surface area contributed by atoms with Crippen LogP contribution in [-0.4, -0.2) is 16.1 Å². The second-order valence-electron chi connectivity index (χ2n) is 5.10. The summed E-state index contributed by atoms with van der Waals surface area (Å²) in [6.07, 6.45) is 6.16. The van der Waals surface area contributed by atoms with Gasteiger partial charge in [-0.3, -0.25) is 0 Å². The molecular weight excluding hydrogens is 241 g/mol. The Kier molecular flexibility index (Phi) is 3.34. The highest BCUT2D eigenvalue weighted by atomic mass is 19.1. The van der Waals surface area contributed by atoms with Crippen LogP contribution in [-0.2, 0) is 0 Å². The maximum atomic E-state index is 13.0. The molecule has 1 aliphatic heterocycles. The minimum Gasteiger partial charge on any atom is -0.326 e. The van der Waals surface area contributed by atoms with Gasteiger partial charge in [-0.1, -0.05) is 12.1 Å². The Hall–Kier alpha value is -1.68. The minimum atomic E-state index is -0.195. The summed E-state index contributed by atoms with van der Waals surface area (Å²) in [7, 11) is 0. The minimum absolute atomic E-state index is 0.167. The lowest BCUT2D eigenvalue weighted by Gasteiger charge is -2.20. The van der Waals surface area contributed by atoms with Crippen molar-refractivity contribution in [3.63, 3.8) is 0 Å². The van der Waals surface area contributed by atoms with E-state index in [1.165, 1.54) is 24.2 Å². The van der Waals surface area contributed by atoms with E-state index in [0.29, 0.717) is 6.04 Å². The number of nitrogens with zero attached hydrogens (tertiary/aromatic N) is 2. The summed E-state index contributed by atoms with van der Waals surface area (Å²) >= 11 is 0. The number of imidazole rings is 1. The molecule has 1 aromatic heterocycles.